The van der Waals surface area contributed by atoms with E-state index in [4.69, 9.17) is 4.74 Å². The molecule has 0 amide bonds. The van der Waals surface area contributed by atoms with Gasteiger partial charge in [0.1, 0.15) is 18.2 Å². The van der Waals surface area contributed by atoms with Crippen molar-refractivity contribution in [3.63, 3.8) is 0 Å². The Hall–Kier alpha value is -2.77. The summed E-state index contributed by atoms with van der Waals surface area (Å²) in [6, 6.07) is 12.2. The molecular weight excluding hydrogens is 358 g/mol. The van der Waals surface area contributed by atoms with E-state index in [0.29, 0.717) is 0 Å². The van der Waals surface area contributed by atoms with E-state index in [1.54, 1.807) is 17.7 Å². The fourth-order valence-electron chi connectivity index (χ4n) is 3.61. The lowest BCUT2D eigenvalue weighted by atomic mass is 10.1. The molecule has 0 radical (unpaired) electrons. The molecule has 1 saturated heterocycles. The second-order valence-electron chi connectivity index (χ2n) is 6.72. The van der Waals surface area contributed by atoms with Gasteiger partial charge in [0.2, 0.25) is 0 Å². The second kappa shape index (κ2) is 6.75. The van der Waals surface area contributed by atoms with Crippen LogP contribution >= 0.6 is 11.3 Å². The van der Waals surface area contributed by atoms with Crippen molar-refractivity contribution >= 4 is 28.2 Å². The van der Waals surface area contributed by atoms with E-state index in [0.717, 1.165) is 35.6 Å². The fourth-order valence-corrected chi connectivity index (χ4v) is 4.31. The maximum Gasteiger partial charge on any atom is 0.168 e. The van der Waals surface area contributed by atoms with Crippen LogP contribution in [0.3, 0.4) is 0 Å². The lowest BCUT2D eigenvalue weighted by molar-refractivity contribution is -0.0173. The van der Waals surface area contributed by atoms with Crippen molar-refractivity contribution in [2.75, 3.05) is 18.0 Å². The molecule has 136 valence electrons. The van der Waals surface area contributed by atoms with E-state index >= 15 is 0 Å². The van der Waals surface area contributed by atoms with Gasteiger partial charge in [0.05, 0.1) is 23.4 Å². The highest BCUT2D eigenvalue weighted by molar-refractivity contribution is 7.07. The number of anilines is 1. The Kier molecular flexibility index (Phi) is 4.10. The summed E-state index contributed by atoms with van der Waals surface area (Å²) >= 11 is 1.70. The highest BCUT2D eigenvalue weighted by Gasteiger charge is 2.29. The summed E-state index contributed by atoms with van der Waals surface area (Å²) in [5.74, 6) is 0.914. The summed E-state index contributed by atoms with van der Waals surface area (Å²) in [6.07, 6.45) is 3.66. The normalized spacial score (nSPS) is 20.3. The summed E-state index contributed by atoms with van der Waals surface area (Å²) in [5.41, 5.74) is 3.03. The van der Waals surface area contributed by atoms with Crippen molar-refractivity contribution in [1.82, 2.24) is 19.7 Å². The summed E-state index contributed by atoms with van der Waals surface area (Å²) in [7, 11) is 0. The van der Waals surface area contributed by atoms with E-state index in [1.165, 1.54) is 5.56 Å². The molecule has 0 N–H and O–H groups in total. The molecule has 5 rings (SSSR count). The second-order valence-corrected chi connectivity index (χ2v) is 7.50. The third kappa shape index (κ3) is 2.98. The molecule has 1 aromatic carbocycles. The first-order valence-electron chi connectivity index (χ1n) is 8.96. The monoisotopic (exact) mass is 377 g/mol. The standard InChI is InChI=1S/C20H19N5OS/c1-14-10-24(11-18(26-14)15-7-8-27-12-15)19-17-9-23-25(20(17)22-13-21-19)16-5-3-2-4-6-16/h2-9,12-14,18H,10-11H2,1H3. The number of rotatable bonds is 3. The zero-order valence-electron chi connectivity index (χ0n) is 14.9. The van der Waals surface area contributed by atoms with Crippen molar-refractivity contribution in [3.05, 3.63) is 65.2 Å². The van der Waals surface area contributed by atoms with Crippen LogP contribution in [-0.4, -0.2) is 38.9 Å². The summed E-state index contributed by atoms with van der Waals surface area (Å²) in [4.78, 5) is 11.4. The maximum atomic E-state index is 6.17. The Bertz CT molecular complexity index is 1050. The zero-order valence-corrected chi connectivity index (χ0v) is 15.7. The number of ether oxygens (including phenoxy) is 1. The number of benzene rings is 1. The Morgan fingerprint density at radius 2 is 2.00 bits per heavy atom. The highest BCUT2D eigenvalue weighted by atomic mass is 32.1. The molecule has 27 heavy (non-hydrogen) atoms. The molecule has 0 aliphatic carbocycles. The zero-order chi connectivity index (χ0) is 18.2. The highest BCUT2D eigenvalue weighted by Crippen LogP contribution is 2.32. The molecule has 3 aromatic heterocycles. The molecule has 1 aliphatic rings. The van der Waals surface area contributed by atoms with Crippen LogP contribution in [0.15, 0.2) is 59.7 Å². The first kappa shape index (κ1) is 16.4. The number of hydrogen-bond donors (Lipinski definition) is 0. The number of aromatic nitrogens is 4. The molecule has 4 aromatic rings. The lowest BCUT2D eigenvalue weighted by Crippen LogP contribution is -2.43. The van der Waals surface area contributed by atoms with Gasteiger partial charge in [-0.1, -0.05) is 18.2 Å². The third-order valence-electron chi connectivity index (χ3n) is 4.82. The molecule has 4 heterocycles. The van der Waals surface area contributed by atoms with Gasteiger partial charge in [-0.3, -0.25) is 0 Å². The third-order valence-corrected chi connectivity index (χ3v) is 5.52. The molecule has 0 spiro atoms. The van der Waals surface area contributed by atoms with Crippen LogP contribution in [-0.2, 0) is 4.74 Å². The topological polar surface area (TPSA) is 56.1 Å². The number of nitrogens with zero attached hydrogens (tertiary/aromatic N) is 5. The van der Waals surface area contributed by atoms with E-state index in [-0.39, 0.29) is 12.2 Å². The SMILES string of the molecule is CC1CN(c2ncnc3c2cnn3-c2ccccc2)CC(c2ccsc2)O1. The number of fused-ring (bicyclic) bond motifs is 1. The molecule has 7 heteroatoms. The Morgan fingerprint density at radius 1 is 1.11 bits per heavy atom. The van der Waals surface area contributed by atoms with Gasteiger partial charge in [-0.05, 0) is 41.4 Å². The quantitative estimate of drug-likeness (QED) is 0.543. The molecule has 2 unspecified atom stereocenters. The van der Waals surface area contributed by atoms with Gasteiger partial charge < -0.3 is 9.64 Å². The average molecular weight is 377 g/mol. The average Bonchev–Trinajstić information content (AvgIpc) is 3.38. The van der Waals surface area contributed by atoms with E-state index < -0.39 is 0 Å². The Balaban J connectivity index is 1.54. The summed E-state index contributed by atoms with van der Waals surface area (Å²) < 4.78 is 8.03. The predicted molar refractivity (Wildman–Crippen MR) is 106 cm³/mol. The van der Waals surface area contributed by atoms with Gasteiger partial charge in [0, 0.05) is 13.1 Å². The van der Waals surface area contributed by atoms with Crippen LogP contribution in [0.5, 0.6) is 0 Å². The van der Waals surface area contributed by atoms with Crippen LogP contribution in [0.1, 0.15) is 18.6 Å². The first-order valence-corrected chi connectivity index (χ1v) is 9.90. The Morgan fingerprint density at radius 3 is 2.81 bits per heavy atom. The molecule has 0 bridgehead atoms. The fraction of sp³-hybridized carbons (Fsp3) is 0.250. The summed E-state index contributed by atoms with van der Waals surface area (Å²) in [5, 5.41) is 9.77. The molecule has 1 fully saturated rings. The number of hydrogen-bond acceptors (Lipinski definition) is 6. The van der Waals surface area contributed by atoms with Crippen LogP contribution in [0.25, 0.3) is 16.7 Å². The largest absolute Gasteiger partial charge is 0.367 e. The van der Waals surface area contributed by atoms with Crippen molar-refractivity contribution in [1.29, 1.82) is 0 Å². The smallest absolute Gasteiger partial charge is 0.168 e. The van der Waals surface area contributed by atoms with E-state index in [9.17, 15) is 0 Å². The van der Waals surface area contributed by atoms with Crippen molar-refractivity contribution in [3.8, 4) is 5.69 Å². The number of thiophene rings is 1. The molecule has 2 atom stereocenters. The Labute approximate surface area is 161 Å². The van der Waals surface area contributed by atoms with Crippen molar-refractivity contribution < 1.29 is 4.74 Å². The van der Waals surface area contributed by atoms with Gasteiger partial charge in [0.15, 0.2) is 5.65 Å². The number of morpholine rings is 1. The van der Waals surface area contributed by atoms with Gasteiger partial charge in [-0.25, -0.2) is 14.6 Å². The van der Waals surface area contributed by atoms with Crippen LogP contribution < -0.4 is 4.90 Å². The van der Waals surface area contributed by atoms with Crippen LogP contribution in [0, 0.1) is 0 Å². The van der Waals surface area contributed by atoms with Crippen LogP contribution in [0.2, 0.25) is 0 Å². The van der Waals surface area contributed by atoms with Crippen molar-refractivity contribution in [2.24, 2.45) is 0 Å². The van der Waals surface area contributed by atoms with E-state index in [1.807, 2.05) is 41.2 Å². The van der Waals surface area contributed by atoms with Gasteiger partial charge in [-0.15, -0.1) is 0 Å². The minimum Gasteiger partial charge on any atom is -0.367 e. The lowest BCUT2D eigenvalue weighted by Gasteiger charge is -2.37. The minimum absolute atomic E-state index is 0.0502. The molecular formula is C20H19N5OS. The van der Waals surface area contributed by atoms with Crippen molar-refractivity contribution in [2.45, 2.75) is 19.1 Å². The minimum atomic E-state index is 0.0502. The van der Waals surface area contributed by atoms with Gasteiger partial charge in [0.25, 0.3) is 0 Å². The van der Waals surface area contributed by atoms with Gasteiger partial charge in [-0.2, -0.15) is 16.4 Å². The summed E-state index contributed by atoms with van der Waals surface area (Å²) in [6.45, 7) is 3.67. The molecule has 6 nitrogen and oxygen atoms in total. The molecule has 1 aliphatic heterocycles. The van der Waals surface area contributed by atoms with Gasteiger partial charge >= 0.3 is 0 Å². The van der Waals surface area contributed by atoms with Crippen LogP contribution in [0.4, 0.5) is 5.82 Å². The first-order chi connectivity index (χ1) is 13.3. The van der Waals surface area contributed by atoms with E-state index in [2.05, 4.69) is 43.7 Å². The predicted octanol–water partition coefficient (Wildman–Crippen LogP) is 3.84. The number of para-hydroxylation sites is 1. The maximum absolute atomic E-state index is 6.17. The molecule has 0 saturated carbocycles.